The van der Waals surface area contributed by atoms with Gasteiger partial charge in [0.05, 0.1) is 4.90 Å². The molecule has 0 atom stereocenters. The average molecular weight is 389 g/mol. The summed E-state index contributed by atoms with van der Waals surface area (Å²) in [6, 6.07) is 7.31. The van der Waals surface area contributed by atoms with Crippen LogP contribution < -0.4 is 4.90 Å². The van der Waals surface area contributed by atoms with Gasteiger partial charge in [-0.05, 0) is 44.0 Å². The van der Waals surface area contributed by atoms with Crippen LogP contribution in [0.15, 0.2) is 29.2 Å². The van der Waals surface area contributed by atoms with Crippen molar-refractivity contribution in [1.29, 1.82) is 0 Å². The van der Waals surface area contributed by atoms with E-state index in [0.717, 1.165) is 28.5 Å². The molecule has 7 heteroatoms. The molecule has 0 saturated carbocycles. The van der Waals surface area contributed by atoms with Crippen molar-refractivity contribution >= 4 is 15.8 Å². The number of hydrogen-bond acceptors (Lipinski definition) is 5. The Labute approximate surface area is 162 Å². The van der Waals surface area contributed by atoms with E-state index in [1.807, 2.05) is 32.9 Å². The zero-order chi connectivity index (χ0) is 19.8. The average Bonchev–Trinajstić information content (AvgIpc) is 2.63. The number of sulfonamides is 1. The van der Waals surface area contributed by atoms with Crippen LogP contribution in [0.25, 0.3) is 0 Å². The van der Waals surface area contributed by atoms with Gasteiger partial charge >= 0.3 is 0 Å². The fraction of sp³-hybridized carbons (Fsp3) is 0.500. The van der Waals surface area contributed by atoms with Gasteiger partial charge in [0.25, 0.3) is 0 Å². The van der Waals surface area contributed by atoms with Crippen molar-refractivity contribution in [2.75, 3.05) is 31.1 Å². The fourth-order valence-corrected chi connectivity index (χ4v) is 4.68. The van der Waals surface area contributed by atoms with E-state index >= 15 is 0 Å². The molecule has 0 bridgehead atoms. The highest BCUT2D eigenvalue weighted by molar-refractivity contribution is 7.89. The Kier molecular flexibility index (Phi) is 5.53. The lowest BCUT2D eigenvalue weighted by atomic mass is 10.1. The third-order valence-corrected chi connectivity index (χ3v) is 6.95. The summed E-state index contributed by atoms with van der Waals surface area (Å²) in [6.45, 7) is 12.2. The second-order valence-corrected chi connectivity index (χ2v) is 9.46. The molecule has 1 aliphatic heterocycles. The molecule has 0 N–H and O–H groups in total. The Morgan fingerprint density at radius 3 is 2.19 bits per heavy atom. The molecule has 0 aliphatic carbocycles. The van der Waals surface area contributed by atoms with Crippen molar-refractivity contribution < 1.29 is 8.42 Å². The van der Waals surface area contributed by atoms with Gasteiger partial charge in [-0.25, -0.2) is 18.4 Å². The molecule has 2 heterocycles. The summed E-state index contributed by atoms with van der Waals surface area (Å²) in [7, 11) is -3.46. The topological polar surface area (TPSA) is 66.4 Å². The molecule has 1 saturated heterocycles. The maximum atomic E-state index is 13.0. The Balaban J connectivity index is 1.76. The molecular weight excluding hydrogens is 360 g/mol. The Hall–Kier alpha value is -1.99. The molecule has 0 unspecified atom stereocenters. The van der Waals surface area contributed by atoms with E-state index in [2.05, 4.69) is 28.7 Å². The SMILES string of the molecule is Cc1cc(N2CCN(S(=O)(=O)c3ccc(C)c(C)c3)CC2)nc(C(C)C)n1. The van der Waals surface area contributed by atoms with Crippen molar-refractivity contribution in [2.24, 2.45) is 0 Å². The minimum absolute atomic E-state index is 0.259. The van der Waals surface area contributed by atoms with Crippen LogP contribution in [0.5, 0.6) is 0 Å². The minimum Gasteiger partial charge on any atom is -0.354 e. The largest absolute Gasteiger partial charge is 0.354 e. The maximum absolute atomic E-state index is 13.0. The van der Waals surface area contributed by atoms with Gasteiger partial charge in [-0.1, -0.05) is 19.9 Å². The lowest BCUT2D eigenvalue weighted by Crippen LogP contribution is -2.49. The highest BCUT2D eigenvalue weighted by Crippen LogP contribution is 2.23. The number of hydrogen-bond donors (Lipinski definition) is 0. The molecule has 1 aromatic carbocycles. The first-order valence-corrected chi connectivity index (χ1v) is 10.8. The summed E-state index contributed by atoms with van der Waals surface area (Å²) < 4.78 is 27.5. The number of aromatic nitrogens is 2. The Morgan fingerprint density at radius 2 is 1.59 bits per heavy atom. The lowest BCUT2D eigenvalue weighted by Gasteiger charge is -2.35. The van der Waals surface area contributed by atoms with Crippen molar-refractivity contribution in [3.63, 3.8) is 0 Å². The number of piperazine rings is 1. The van der Waals surface area contributed by atoms with Crippen LogP contribution in [0.4, 0.5) is 5.82 Å². The second-order valence-electron chi connectivity index (χ2n) is 7.52. The molecule has 0 amide bonds. The summed E-state index contributed by atoms with van der Waals surface area (Å²) in [6.07, 6.45) is 0. The zero-order valence-corrected chi connectivity index (χ0v) is 17.5. The third-order valence-electron chi connectivity index (χ3n) is 5.05. The predicted molar refractivity (Wildman–Crippen MR) is 108 cm³/mol. The standard InChI is InChI=1S/C20H28N4O2S/c1-14(2)20-21-17(5)13-19(22-20)23-8-10-24(11-9-23)27(25,26)18-7-6-15(3)16(4)12-18/h6-7,12-14H,8-11H2,1-5H3. The number of rotatable bonds is 4. The summed E-state index contributed by atoms with van der Waals surface area (Å²) in [4.78, 5) is 11.7. The van der Waals surface area contributed by atoms with Crippen molar-refractivity contribution in [3.05, 3.63) is 46.9 Å². The fourth-order valence-electron chi connectivity index (χ4n) is 3.18. The molecule has 0 spiro atoms. The lowest BCUT2D eigenvalue weighted by molar-refractivity contribution is 0.383. The third kappa shape index (κ3) is 4.14. The van der Waals surface area contributed by atoms with Crippen LogP contribution in [-0.2, 0) is 10.0 Å². The van der Waals surface area contributed by atoms with Gasteiger partial charge in [-0.2, -0.15) is 4.31 Å². The van der Waals surface area contributed by atoms with Crippen LogP contribution in [-0.4, -0.2) is 48.9 Å². The van der Waals surface area contributed by atoms with E-state index in [4.69, 9.17) is 0 Å². The molecule has 1 aliphatic rings. The Bertz CT molecular complexity index is 933. The van der Waals surface area contributed by atoms with Gasteiger partial charge in [0.15, 0.2) is 0 Å². The second kappa shape index (κ2) is 7.56. The van der Waals surface area contributed by atoms with Crippen LogP contribution >= 0.6 is 0 Å². The van der Waals surface area contributed by atoms with E-state index in [-0.39, 0.29) is 5.92 Å². The van der Waals surface area contributed by atoms with Crippen molar-refractivity contribution in [3.8, 4) is 0 Å². The highest BCUT2D eigenvalue weighted by atomic mass is 32.2. The van der Waals surface area contributed by atoms with E-state index in [9.17, 15) is 8.42 Å². The molecular formula is C20H28N4O2S. The number of benzene rings is 1. The van der Waals surface area contributed by atoms with Crippen LogP contribution in [0.1, 0.15) is 42.4 Å². The van der Waals surface area contributed by atoms with E-state index in [1.165, 1.54) is 0 Å². The smallest absolute Gasteiger partial charge is 0.243 e. The number of nitrogens with zero attached hydrogens (tertiary/aromatic N) is 4. The number of aryl methyl sites for hydroxylation is 3. The highest BCUT2D eigenvalue weighted by Gasteiger charge is 2.29. The Morgan fingerprint density at radius 1 is 0.926 bits per heavy atom. The molecule has 0 radical (unpaired) electrons. The van der Waals surface area contributed by atoms with E-state index < -0.39 is 10.0 Å². The molecule has 27 heavy (non-hydrogen) atoms. The first-order chi connectivity index (χ1) is 12.7. The summed E-state index contributed by atoms with van der Waals surface area (Å²) in [5.74, 6) is 1.97. The van der Waals surface area contributed by atoms with E-state index in [0.29, 0.717) is 31.1 Å². The van der Waals surface area contributed by atoms with Gasteiger partial charge < -0.3 is 4.90 Å². The van der Waals surface area contributed by atoms with Gasteiger partial charge in [0.1, 0.15) is 11.6 Å². The molecule has 2 aromatic rings. The van der Waals surface area contributed by atoms with Crippen LogP contribution in [0.2, 0.25) is 0 Å². The maximum Gasteiger partial charge on any atom is 0.243 e. The van der Waals surface area contributed by atoms with Gasteiger partial charge in [-0.15, -0.1) is 0 Å². The van der Waals surface area contributed by atoms with Crippen molar-refractivity contribution in [2.45, 2.75) is 45.4 Å². The summed E-state index contributed by atoms with van der Waals surface area (Å²) >= 11 is 0. The van der Waals surface area contributed by atoms with Crippen LogP contribution in [0, 0.1) is 20.8 Å². The molecule has 3 rings (SSSR count). The van der Waals surface area contributed by atoms with Crippen molar-refractivity contribution in [1.82, 2.24) is 14.3 Å². The van der Waals surface area contributed by atoms with Gasteiger partial charge in [-0.3, -0.25) is 0 Å². The normalized spacial score (nSPS) is 16.1. The summed E-state index contributed by atoms with van der Waals surface area (Å²) in [5.41, 5.74) is 3.03. The zero-order valence-electron chi connectivity index (χ0n) is 16.7. The number of anilines is 1. The monoisotopic (exact) mass is 388 g/mol. The quantitative estimate of drug-likeness (QED) is 0.805. The molecule has 146 valence electrons. The molecule has 1 aromatic heterocycles. The molecule has 1 fully saturated rings. The molecule has 6 nitrogen and oxygen atoms in total. The van der Waals surface area contributed by atoms with Gasteiger partial charge in [0, 0.05) is 43.9 Å². The van der Waals surface area contributed by atoms with Gasteiger partial charge in [0.2, 0.25) is 10.0 Å². The van der Waals surface area contributed by atoms with Crippen LogP contribution in [0.3, 0.4) is 0 Å². The summed E-state index contributed by atoms with van der Waals surface area (Å²) in [5, 5.41) is 0. The first-order valence-electron chi connectivity index (χ1n) is 9.36. The first kappa shape index (κ1) is 19.8. The minimum atomic E-state index is -3.46. The predicted octanol–water partition coefficient (Wildman–Crippen LogP) is 3.04. The van der Waals surface area contributed by atoms with E-state index in [1.54, 1.807) is 16.4 Å².